The minimum absolute atomic E-state index is 0.319. The number of rotatable bonds is 0. The molecule has 4 aromatic rings. The van der Waals surface area contributed by atoms with Crippen molar-refractivity contribution in [1.82, 2.24) is 24.6 Å². The summed E-state index contributed by atoms with van der Waals surface area (Å²) in [6.45, 7) is 0. The lowest BCUT2D eigenvalue weighted by Gasteiger charge is -1.92. The van der Waals surface area contributed by atoms with Crippen molar-refractivity contribution in [3.63, 3.8) is 0 Å². The van der Waals surface area contributed by atoms with E-state index in [0.717, 1.165) is 5.39 Å². The molecule has 0 aliphatic heterocycles. The quantitative estimate of drug-likeness (QED) is 0.539. The van der Waals surface area contributed by atoms with E-state index in [1.54, 1.807) is 18.5 Å². The van der Waals surface area contributed by atoms with Crippen LogP contribution in [0, 0.1) is 0 Å². The van der Waals surface area contributed by atoms with Gasteiger partial charge in [-0.1, -0.05) is 12.1 Å². The van der Waals surface area contributed by atoms with Crippen molar-refractivity contribution in [2.24, 2.45) is 0 Å². The van der Waals surface area contributed by atoms with E-state index >= 15 is 0 Å². The van der Waals surface area contributed by atoms with Crippen LogP contribution in [0.15, 0.2) is 70.6 Å². The van der Waals surface area contributed by atoms with Crippen molar-refractivity contribution in [3.05, 3.63) is 71.7 Å². The maximum absolute atomic E-state index is 12.2. The summed E-state index contributed by atoms with van der Waals surface area (Å²) in [5, 5.41) is 5.27. The molecule has 4 rings (SSSR count). The Balaban J connectivity index is 2.19. The lowest BCUT2D eigenvalue weighted by atomic mass is 10.3. The molecule has 0 saturated heterocycles. The summed E-state index contributed by atoms with van der Waals surface area (Å²) >= 11 is 0. The fourth-order valence-electron chi connectivity index (χ4n) is 2.22. The summed E-state index contributed by atoms with van der Waals surface area (Å²) in [4.78, 5) is 23.6. The molecule has 0 fully saturated rings. The van der Waals surface area contributed by atoms with Gasteiger partial charge in [0, 0.05) is 30.0 Å². The molecular weight excluding hydrogens is 294 g/mol. The smallest absolute Gasteiger partial charge is 0.260 e. The first kappa shape index (κ1) is 13.2. The Morgan fingerprint density at radius 2 is 2.04 bits per heavy atom. The Morgan fingerprint density at radius 3 is 3.00 bits per heavy atom. The number of nitrogens with zero attached hydrogens (tertiary/aromatic N) is 4. The molecule has 2 bridgehead atoms. The fraction of sp³-hybridized carbons (Fsp3) is 0. The van der Waals surface area contributed by atoms with Crippen LogP contribution >= 0.6 is 0 Å². The lowest BCUT2D eigenvalue weighted by Crippen LogP contribution is -2.01. The number of nitrogens with one attached hydrogen (secondary N) is 1. The van der Waals surface area contributed by atoms with E-state index in [-0.39, 0.29) is 5.56 Å². The van der Waals surface area contributed by atoms with Gasteiger partial charge in [0.15, 0.2) is 11.3 Å². The summed E-state index contributed by atoms with van der Waals surface area (Å²) in [5.41, 5.74) is 1.24. The van der Waals surface area contributed by atoms with E-state index in [9.17, 15) is 4.79 Å². The van der Waals surface area contributed by atoms with Gasteiger partial charge in [-0.05, 0) is 12.1 Å². The number of fused-ring (bicyclic) bond motifs is 2. The maximum Gasteiger partial charge on any atom is 0.260 e. The van der Waals surface area contributed by atoms with Crippen LogP contribution in [0.4, 0.5) is 0 Å². The molecule has 3 aromatic heterocycles. The Morgan fingerprint density at radius 1 is 1.13 bits per heavy atom. The van der Waals surface area contributed by atoms with E-state index < -0.39 is 0 Å². The molecule has 1 N–H and O–H groups in total. The van der Waals surface area contributed by atoms with Crippen molar-refractivity contribution in [1.29, 1.82) is 0 Å². The van der Waals surface area contributed by atoms with Crippen LogP contribution in [-0.4, -0.2) is 24.6 Å². The van der Waals surface area contributed by atoms with Gasteiger partial charge in [-0.15, -0.1) is 0 Å². The molecule has 7 nitrogen and oxygen atoms in total. The average Bonchev–Trinajstić information content (AvgIpc) is 3.00. The second-order valence-electron chi connectivity index (χ2n) is 4.80. The van der Waals surface area contributed by atoms with Crippen LogP contribution in [0.2, 0.25) is 0 Å². The third-order valence-corrected chi connectivity index (χ3v) is 3.33. The van der Waals surface area contributed by atoms with Gasteiger partial charge in [-0.25, -0.2) is 14.5 Å². The molecule has 0 amide bonds. The third-order valence-electron chi connectivity index (χ3n) is 3.33. The second-order valence-corrected chi connectivity index (χ2v) is 4.80. The summed E-state index contributed by atoms with van der Waals surface area (Å²) in [6, 6.07) is 9.18. The number of benzene rings is 1. The molecule has 1 aromatic carbocycles. The first-order chi connectivity index (χ1) is 11.3. The van der Waals surface area contributed by atoms with Crippen LogP contribution in [0.25, 0.3) is 27.6 Å². The molecule has 0 aliphatic carbocycles. The Bertz CT molecular complexity index is 1150. The summed E-state index contributed by atoms with van der Waals surface area (Å²) in [6.07, 6.45) is 7.69. The van der Waals surface area contributed by atoms with E-state index in [4.69, 9.17) is 4.42 Å². The largest absolute Gasteiger partial charge is 0.463 e. The van der Waals surface area contributed by atoms with Crippen LogP contribution < -0.4 is 5.56 Å². The van der Waals surface area contributed by atoms with Crippen molar-refractivity contribution >= 4 is 27.6 Å². The number of hydrogen-bond donors (Lipinski definition) is 1. The fourth-order valence-corrected chi connectivity index (χ4v) is 2.22. The zero-order valence-electron chi connectivity index (χ0n) is 11.9. The summed E-state index contributed by atoms with van der Waals surface area (Å²) in [7, 11) is 0. The molecule has 0 saturated carbocycles. The minimum atomic E-state index is -0.319. The second kappa shape index (κ2) is 5.38. The van der Waals surface area contributed by atoms with E-state index in [2.05, 4.69) is 20.1 Å². The van der Waals surface area contributed by atoms with Crippen molar-refractivity contribution in [2.75, 3.05) is 0 Å². The van der Waals surface area contributed by atoms with E-state index in [0.29, 0.717) is 22.3 Å². The first-order valence-electron chi connectivity index (χ1n) is 6.91. The predicted octanol–water partition coefficient (Wildman–Crippen LogP) is 2.40. The Hall–Kier alpha value is -3.48. The van der Waals surface area contributed by atoms with Gasteiger partial charge in [0.1, 0.15) is 17.2 Å². The normalized spacial score (nSPS) is 10.8. The van der Waals surface area contributed by atoms with Crippen molar-refractivity contribution in [2.45, 2.75) is 0 Å². The molecule has 0 spiro atoms. The van der Waals surface area contributed by atoms with Crippen molar-refractivity contribution < 1.29 is 4.42 Å². The van der Waals surface area contributed by atoms with E-state index in [1.165, 1.54) is 23.2 Å². The molecule has 3 heterocycles. The highest BCUT2D eigenvalue weighted by Gasteiger charge is 2.03. The predicted molar refractivity (Wildman–Crippen MR) is 85.1 cm³/mol. The molecule has 112 valence electrons. The number of aromatic amines is 1. The van der Waals surface area contributed by atoms with Crippen LogP contribution in [0.5, 0.6) is 0 Å². The third kappa shape index (κ3) is 2.44. The average molecular weight is 305 g/mol. The van der Waals surface area contributed by atoms with Crippen molar-refractivity contribution in [3.8, 4) is 0 Å². The molecule has 0 atom stereocenters. The van der Waals surface area contributed by atoms with Gasteiger partial charge in [0.05, 0.1) is 6.20 Å². The number of para-hydroxylation sites is 1. The highest BCUT2D eigenvalue weighted by atomic mass is 16.3. The van der Waals surface area contributed by atoms with Crippen LogP contribution in [0.1, 0.15) is 0 Å². The van der Waals surface area contributed by atoms with Gasteiger partial charge < -0.3 is 9.40 Å². The molecule has 0 radical (unpaired) electrons. The highest BCUT2D eigenvalue weighted by molar-refractivity contribution is 5.75. The summed E-state index contributed by atoms with van der Waals surface area (Å²) in [5.74, 6) is 0. The van der Waals surface area contributed by atoms with Gasteiger partial charge in [-0.3, -0.25) is 4.79 Å². The molecule has 7 heteroatoms. The lowest BCUT2D eigenvalue weighted by molar-refractivity contribution is 0.604. The minimum Gasteiger partial charge on any atom is -0.463 e. The van der Waals surface area contributed by atoms with Gasteiger partial charge in [0.2, 0.25) is 0 Å². The van der Waals surface area contributed by atoms with Gasteiger partial charge in [0.25, 0.3) is 5.56 Å². The standard InChI is InChI=1S/C16H11N5O2/c22-16-12-10-19-21-7-5-14(20-15(12)21)18-9-11-3-1-2-4-13(11)23-8-6-17-16/h1-10H,(H,17,22). The molecule has 0 aliphatic rings. The van der Waals surface area contributed by atoms with Crippen LogP contribution in [0.3, 0.4) is 0 Å². The SMILES string of the molecule is O=c1[nH]ccoc2ccccc2cnc2ccn3ncc1c3n2. The van der Waals surface area contributed by atoms with Crippen LogP contribution in [-0.2, 0) is 0 Å². The number of aromatic nitrogens is 5. The Labute approximate surface area is 129 Å². The summed E-state index contributed by atoms with van der Waals surface area (Å²) < 4.78 is 7.07. The first-order valence-corrected chi connectivity index (χ1v) is 6.91. The number of H-pyrrole nitrogens is 1. The monoisotopic (exact) mass is 305 g/mol. The topological polar surface area (TPSA) is 89.1 Å². The Kier molecular flexibility index (Phi) is 3.09. The van der Waals surface area contributed by atoms with Gasteiger partial charge in [-0.2, -0.15) is 5.10 Å². The molecular formula is C16H11N5O2. The highest BCUT2D eigenvalue weighted by Crippen LogP contribution is 2.09. The zero-order valence-corrected chi connectivity index (χ0v) is 11.9. The zero-order chi connectivity index (χ0) is 15.6. The molecule has 0 unspecified atom stereocenters. The molecule has 23 heavy (non-hydrogen) atoms. The maximum atomic E-state index is 12.2. The number of hydrogen-bond acceptors (Lipinski definition) is 5. The van der Waals surface area contributed by atoms with E-state index in [1.807, 2.05) is 24.3 Å². The van der Waals surface area contributed by atoms with Gasteiger partial charge >= 0.3 is 0 Å².